The molecule has 1 heterocycles. The number of nitrogens with one attached hydrogen (secondary N) is 1. The van der Waals surface area contributed by atoms with Crippen molar-refractivity contribution in [2.75, 3.05) is 5.32 Å². The quantitative estimate of drug-likeness (QED) is 0.823. The van der Waals surface area contributed by atoms with E-state index in [1.165, 1.54) is 29.4 Å². The van der Waals surface area contributed by atoms with E-state index in [9.17, 15) is 0 Å². The van der Waals surface area contributed by atoms with E-state index in [0.29, 0.717) is 6.04 Å². The van der Waals surface area contributed by atoms with Crippen molar-refractivity contribution >= 4 is 16.6 Å². The average molecular weight is 216 g/mol. The van der Waals surface area contributed by atoms with Gasteiger partial charge in [0.1, 0.15) is 0 Å². The summed E-state index contributed by atoms with van der Waals surface area (Å²) in [7, 11) is 2.08. The molecule has 1 aromatic carbocycles. The predicted octanol–water partition coefficient (Wildman–Crippen LogP) is 3.78. The molecule has 2 rings (SSSR count). The van der Waals surface area contributed by atoms with E-state index in [4.69, 9.17) is 0 Å². The molecule has 1 aromatic heterocycles. The highest BCUT2D eigenvalue weighted by atomic mass is 14.9. The number of aryl methyl sites for hydroxylation is 1. The first kappa shape index (κ1) is 11.1. The van der Waals surface area contributed by atoms with E-state index in [1.807, 2.05) is 0 Å². The maximum Gasteiger partial charge on any atom is 0.0479 e. The van der Waals surface area contributed by atoms with Crippen molar-refractivity contribution in [2.45, 2.75) is 32.7 Å². The minimum absolute atomic E-state index is 0.547. The lowest BCUT2D eigenvalue weighted by atomic mass is 10.1. The number of hydrogen-bond acceptors (Lipinski definition) is 1. The highest BCUT2D eigenvalue weighted by molar-refractivity contribution is 5.83. The van der Waals surface area contributed by atoms with Crippen LogP contribution in [-0.4, -0.2) is 10.6 Å². The van der Waals surface area contributed by atoms with Crippen molar-refractivity contribution in [2.24, 2.45) is 7.05 Å². The van der Waals surface area contributed by atoms with Gasteiger partial charge in [-0.2, -0.15) is 0 Å². The Balaban J connectivity index is 2.19. The number of rotatable bonds is 4. The van der Waals surface area contributed by atoms with Crippen molar-refractivity contribution in [3.8, 4) is 0 Å². The molecule has 0 saturated heterocycles. The zero-order chi connectivity index (χ0) is 11.5. The lowest BCUT2D eigenvalue weighted by Crippen LogP contribution is -2.14. The molecule has 0 radical (unpaired) electrons. The lowest BCUT2D eigenvalue weighted by Gasteiger charge is -2.14. The molecule has 2 nitrogen and oxygen atoms in total. The smallest absolute Gasteiger partial charge is 0.0479 e. The Hall–Kier alpha value is -1.44. The molecular formula is C14H20N2. The first-order chi connectivity index (χ1) is 7.70. The van der Waals surface area contributed by atoms with Gasteiger partial charge in [-0.3, -0.25) is 0 Å². The SMILES string of the molecule is CCCC(C)Nc1ccc2c(ccn2C)c1. The van der Waals surface area contributed by atoms with Gasteiger partial charge in [-0.1, -0.05) is 13.3 Å². The topological polar surface area (TPSA) is 17.0 Å². The third-order valence-electron chi connectivity index (χ3n) is 3.02. The molecule has 1 unspecified atom stereocenters. The van der Waals surface area contributed by atoms with Crippen molar-refractivity contribution in [3.63, 3.8) is 0 Å². The predicted molar refractivity (Wildman–Crippen MR) is 70.9 cm³/mol. The number of benzene rings is 1. The molecule has 0 fully saturated rings. The summed E-state index contributed by atoms with van der Waals surface area (Å²) in [6.45, 7) is 4.46. The second-order valence-corrected chi connectivity index (χ2v) is 4.53. The fourth-order valence-electron chi connectivity index (χ4n) is 2.16. The molecule has 1 atom stereocenters. The Morgan fingerprint density at radius 2 is 2.12 bits per heavy atom. The van der Waals surface area contributed by atoms with Crippen molar-refractivity contribution in [1.82, 2.24) is 4.57 Å². The van der Waals surface area contributed by atoms with Gasteiger partial charge in [-0.15, -0.1) is 0 Å². The van der Waals surface area contributed by atoms with Gasteiger partial charge in [0.2, 0.25) is 0 Å². The van der Waals surface area contributed by atoms with Gasteiger partial charge in [0, 0.05) is 35.9 Å². The molecule has 16 heavy (non-hydrogen) atoms. The molecule has 0 aliphatic heterocycles. The molecule has 0 aliphatic carbocycles. The van der Waals surface area contributed by atoms with Crippen LogP contribution in [0.3, 0.4) is 0 Å². The standard InChI is InChI=1S/C14H20N2/c1-4-5-11(2)15-13-6-7-14-12(10-13)8-9-16(14)3/h6-11,15H,4-5H2,1-3H3. The summed E-state index contributed by atoms with van der Waals surface area (Å²) in [5, 5.41) is 4.84. The summed E-state index contributed by atoms with van der Waals surface area (Å²) in [5.41, 5.74) is 2.51. The molecule has 0 bridgehead atoms. The molecule has 2 aromatic rings. The van der Waals surface area contributed by atoms with Crippen molar-refractivity contribution in [1.29, 1.82) is 0 Å². The fourth-order valence-corrected chi connectivity index (χ4v) is 2.16. The van der Waals surface area contributed by atoms with Crippen molar-refractivity contribution in [3.05, 3.63) is 30.5 Å². The Morgan fingerprint density at radius 3 is 2.88 bits per heavy atom. The number of anilines is 1. The zero-order valence-corrected chi connectivity index (χ0v) is 10.3. The second kappa shape index (κ2) is 4.60. The van der Waals surface area contributed by atoms with Crippen LogP contribution < -0.4 is 5.32 Å². The van der Waals surface area contributed by atoms with E-state index in [-0.39, 0.29) is 0 Å². The number of hydrogen-bond donors (Lipinski definition) is 1. The van der Waals surface area contributed by atoms with E-state index < -0.39 is 0 Å². The highest BCUT2D eigenvalue weighted by Crippen LogP contribution is 2.20. The summed E-state index contributed by atoms with van der Waals surface area (Å²) < 4.78 is 2.15. The van der Waals surface area contributed by atoms with Gasteiger partial charge in [0.05, 0.1) is 0 Å². The van der Waals surface area contributed by atoms with Crippen LogP contribution in [0.1, 0.15) is 26.7 Å². The Morgan fingerprint density at radius 1 is 1.31 bits per heavy atom. The molecule has 86 valence electrons. The number of aromatic nitrogens is 1. The molecule has 0 saturated carbocycles. The van der Waals surface area contributed by atoms with E-state index in [2.05, 4.69) is 61.2 Å². The van der Waals surface area contributed by atoms with E-state index in [0.717, 1.165) is 0 Å². The third kappa shape index (κ3) is 2.21. The summed E-state index contributed by atoms with van der Waals surface area (Å²) in [6.07, 6.45) is 4.54. The van der Waals surface area contributed by atoms with Gasteiger partial charge < -0.3 is 9.88 Å². The van der Waals surface area contributed by atoms with Crippen LogP contribution in [0.4, 0.5) is 5.69 Å². The van der Waals surface area contributed by atoms with E-state index in [1.54, 1.807) is 0 Å². The molecule has 2 heteroatoms. The minimum atomic E-state index is 0.547. The molecule has 1 N–H and O–H groups in total. The van der Waals surface area contributed by atoms with Gasteiger partial charge >= 0.3 is 0 Å². The molecule has 0 aliphatic rings. The lowest BCUT2D eigenvalue weighted by molar-refractivity contribution is 0.690. The van der Waals surface area contributed by atoms with E-state index >= 15 is 0 Å². The fraction of sp³-hybridized carbons (Fsp3) is 0.429. The highest BCUT2D eigenvalue weighted by Gasteiger charge is 2.02. The first-order valence-corrected chi connectivity index (χ1v) is 6.02. The minimum Gasteiger partial charge on any atom is -0.383 e. The third-order valence-corrected chi connectivity index (χ3v) is 3.02. The van der Waals surface area contributed by atoms with Gasteiger partial charge in [-0.25, -0.2) is 0 Å². The Kier molecular flexibility index (Phi) is 3.18. The van der Waals surface area contributed by atoms with Gasteiger partial charge in [-0.05, 0) is 37.6 Å². The maximum atomic E-state index is 3.53. The molecule has 0 amide bonds. The van der Waals surface area contributed by atoms with Crippen LogP contribution in [0, 0.1) is 0 Å². The average Bonchev–Trinajstić information content (AvgIpc) is 2.60. The summed E-state index contributed by atoms with van der Waals surface area (Å²) in [5.74, 6) is 0. The summed E-state index contributed by atoms with van der Waals surface area (Å²) in [6, 6.07) is 9.27. The molecule has 0 spiro atoms. The Labute approximate surface area is 97.3 Å². The Bertz CT molecular complexity index is 471. The number of nitrogens with zero attached hydrogens (tertiary/aromatic N) is 1. The van der Waals surface area contributed by atoms with Crippen LogP contribution in [0.5, 0.6) is 0 Å². The largest absolute Gasteiger partial charge is 0.383 e. The first-order valence-electron chi connectivity index (χ1n) is 6.02. The van der Waals surface area contributed by atoms with Crippen LogP contribution in [0.15, 0.2) is 30.5 Å². The van der Waals surface area contributed by atoms with Crippen LogP contribution in [0.25, 0.3) is 10.9 Å². The van der Waals surface area contributed by atoms with Crippen LogP contribution >= 0.6 is 0 Å². The van der Waals surface area contributed by atoms with Crippen molar-refractivity contribution < 1.29 is 0 Å². The summed E-state index contributed by atoms with van der Waals surface area (Å²) >= 11 is 0. The van der Waals surface area contributed by atoms with Gasteiger partial charge in [0.25, 0.3) is 0 Å². The normalized spacial score (nSPS) is 12.9. The van der Waals surface area contributed by atoms with Crippen LogP contribution in [-0.2, 0) is 7.05 Å². The molecular weight excluding hydrogens is 196 g/mol. The van der Waals surface area contributed by atoms with Crippen LogP contribution in [0.2, 0.25) is 0 Å². The monoisotopic (exact) mass is 216 g/mol. The second-order valence-electron chi connectivity index (χ2n) is 4.53. The summed E-state index contributed by atoms with van der Waals surface area (Å²) in [4.78, 5) is 0. The number of fused-ring (bicyclic) bond motifs is 1. The zero-order valence-electron chi connectivity index (χ0n) is 10.3. The van der Waals surface area contributed by atoms with Gasteiger partial charge in [0.15, 0.2) is 0 Å². The maximum absolute atomic E-state index is 3.53.